The lowest BCUT2D eigenvalue weighted by atomic mass is 10.2. The van der Waals surface area contributed by atoms with Crippen molar-refractivity contribution in [2.24, 2.45) is 0 Å². The third-order valence-electron chi connectivity index (χ3n) is 5.24. The summed E-state index contributed by atoms with van der Waals surface area (Å²) in [4.78, 5) is 28.3. The van der Waals surface area contributed by atoms with Gasteiger partial charge in [-0.2, -0.15) is 0 Å². The van der Waals surface area contributed by atoms with Crippen LogP contribution in [0.4, 0.5) is 5.69 Å². The summed E-state index contributed by atoms with van der Waals surface area (Å²) in [5.41, 5.74) is 1.78. The highest BCUT2D eigenvalue weighted by Crippen LogP contribution is 2.23. The molecule has 2 aromatic carbocycles. The summed E-state index contributed by atoms with van der Waals surface area (Å²) in [6.45, 7) is 3.92. The van der Waals surface area contributed by atoms with Crippen LogP contribution in [0.15, 0.2) is 53.4 Å². The fraction of sp³-hybridized carbons (Fsp3) is 0.364. The molecule has 8 nitrogen and oxygen atoms in total. The van der Waals surface area contributed by atoms with Crippen LogP contribution in [0.2, 0.25) is 0 Å². The van der Waals surface area contributed by atoms with Gasteiger partial charge in [-0.15, -0.1) is 0 Å². The van der Waals surface area contributed by atoms with Gasteiger partial charge in [-0.05, 0) is 43.3 Å². The van der Waals surface area contributed by atoms with E-state index in [4.69, 9.17) is 4.74 Å². The largest absolute Gasteiger partial charge is 0.378 e. The maximum Gasteiger partial charge on any atom is 0.264 e. The van der Waals surface area contributed by atoms with Crippen molar-refractivity contribution in [3.63, 3.8) is 0 Å². The molecule has 0 N–H and O–H groups in total. The minimum Gasteiger partial charge on any atom is -0.378 e. The molecule has 1 aliphatic rings. The second-order valence-electron chi connectivity index (χ2n) is 7.49. The molecule has 0 saturated carbocycles. The van der Waals surface area contributed by atoms with E-state index in [9.17, 15) is 18.0 Å². The molecule has 0 radical (unpaired) electrons. The summed E-state index contributed by atoms with van der Waals surface area (Å²) in [6, 6.07) is 12.9. The molecule has 0 aliphatic carbocycles. The van der Waals surface area contributed by atoms with E-state index >= 15 is 0 Å². The van der Waals surface area contributed by atoms with Gasteiger partial charge in [-0.3, -0.25) is 13.9 Å². The fourth-order valence-corrected chi connectivity index (χ4v) is 4.42. The van der Waals surface area contributed by atoms with E-state index < -0.39 is 10.0 Å². The molecule has 2 aromatic rings. The Kier molecular flexibility index (Phi) is 6.97. The van der Waals surface area contributed by atoms with E-state index in [2.05, 4.69) is 0 Å². The molecule has 1 saturated heterocycles. The van der Waals surface area contributed by atoms with E-state index in [1.165, 1.54) is 16.3 Å². The van der Waals surface area contributed by atoms with Crippen molar-refractivity contribution in [1.82, 2.24) is 9.80 Å². The van der Waals surface area contributed by atoms with Gasteiger partial charge >= 0.3 is 0 Å². The summed E-state index contributed by atoms with van der Waals surface area (Å²) in [6.07, 6.45) is 0. The van der Waals surface area contributed by atoms with Crippen molar-refractivity contribution in [3.8, 4) is 0 Å². The Morgan fingerprint density at radius 2 is 1.55 bits per heavy atom. The van der Waals surface area contributed by atoms with Gasteiger partial charge in [0.25, 0.3) is 15.9 Å². The van der Waals surface area contributed by atoms with E-state index in [-0.39, 0.29) is 23.3 Å². The maximum atomic E-state index is 12.8. The number of amides is 2. The molecule has 0 aromatic heterocycles. The summed E-state index contributed by atoms with van der Waals surface area (Å²) >= 11 is 0. The third kappa shape index (κ3) is 5.23. The number of hydrogen-bond acceptors (Lipinski definition) is 5. The number of benzene rings is 2. The van der Waals surface area contributed by atoms with Crippen LogP contribution in [-0.2, 0) is 19.6 Å². The van der Waals surface area contributed by atoms with E-state index in [1.54, 1.807) is 60.5 Å². The number of sulfonamides is 1. The lowest BCUT2D eigenvalue weighted by Gasteiger charge is -2.28. The third-order valence-corrected chi connectivity index (χ3v) is 7.04. The zero-order valence-electron chi connectivity index (χ0n) is 17.9. The molecular weight excluding hydrogens is 418 g/mol. The van der Waals surface area contributed by atoms with E-state index in [1.807, 2.05) is 6.92 Å². The van der Waals surface area contributed by atoms with Crippen molar-refractivity contribution in [2.75, 3.05) is 51.2 Å². The minimum atomic E-state index is -3.71. The maximum absolute atomic E-state index is 12.8. The van der Waals surface area contributed by atoms with E-state index in [0.717, 1.165) is 5.56 Å². The van der Waals surface area contributed by atoms with Crippen molar-refractivity contribution >= 4 is 27.5 Å². The van der Waals surface area contributed by atoms with Crippen molar-refractivity contribution < 1.29 is 22.7 Å². The van der Waals surface area contributed by atoms with Crippen molar-refractivity contribution in [1.29, 1.82) is 0 Å². The van der Waals surface area contributed by atoms with Crippen molar-refractivity contribution in [3.05, 3.63) is 59.7 Å². The highest BCUT2D eigenvalue weighted by atomic mass is 32.2. The number of ether oxygens (including phenoxy) is 1. The zero-order chi connectivity index (χ0) is 22.6. The van der Waals surface area contributed by atoms with Crippen LogP contribution in [0.1, 0.15) is 15.9 Å². The molecule has 2 amide bonds. The molecule has 166 valence electrons. The Hall–Kier alpha value is -2.91. The predicted molar refractivity (Wildman–Crippen MR) is 118 cm³/mol. The lowest BCUT2D eigenvalue weighted by molar-refractivity contribution is -0.135. The van der Waals surface area contributed by atoms with Crippen LogP contribution in [0.25, 0.3) is 0 Å². The van der Waals surface area contributed by atoms with Gasteiger partial charge in [-0.1, -0.05) is 17.7 Å². The number of carbonyl (C=O) groups excluding carboxylic acids is 2. The summed E-state index contributed by atoms with van der Waals surface area (Å²) in [5.74, 6) is -0.433. The van der Waals surface area contributed by atoms with Gasteiger partial charge in [0, 0.05) is 32.7 Å². The number of likely N-dealkylation sites (N-methyl/N-ethyl adjacent to an activating group) is 1. The normalized spacial score (nSPS) is 14.2. The van der Waals surface area contributed by atoms with Crippen LogP contribution < -0.4 is 4.31 Å². The van der Waals surface area contributed by atoms with Gasteiger partial charge < -0.3 is 14.5 Å². The molecule has 0 bridgehead atoms. The summed E-state index contributed by atoms with van der Waals surface area (Å²) in [7, 11) is -0.666. The quantitative estimate of drug-likeness (QED) is 0.676. The first kappa shape index (κ1) is 22.8. The van der Waals surface area contributed by atoms with Crippen LogP contribution in [0.3, 0.4) is 0 Å². The topological polar surface area (TPSA) is 87.2 Å². The average Bonchev–Trinajstić information content (AvgIpc) is 2.79. The monoisotopic (exact) mass is 445 g/mol. The molecule has 0 unspecified atom stereocenters. The molecule has 3 rings (SSSR count). The van der Waals surface area contributed by atoms with Gasteiger partial charge in [0.05, 0.1) is 30.3 Å². The highest BCUT2D eigenvalue weighted by molar-refractivity contribution is 7.92. The number of rotatable bonds is 6. The molecule has 1 aliphatic heterocycles. The molecule has 1 fully saturated rings. The summed E-state index contributed by atoms with van der Waals surface area (Å²) < 4.78 is 32.1. The number of aryl methyl sites for hydroxylation is 1. The smallest absolute Gasteiger partial charge is 0.264 e. The van der Waals surface area contributed by atoms with Crippen LogP contribution in [0.5, 0.6) is 0 Å². The lowest BCUT2D eigenvalue weighted by Crippen LogP contribution is -2.46. The Labute approximate surface area is 183 Å². The second kappa shape index (κ2) is 9.49. The predicted octanol–water partition coefficient (Wildman–Crippen LogP) is 1.75. The second-order valence-corrected chi connectivity index (χ2v) is 9.46. The number of carbonyl (C=O) groups is 2. The molecule has 31 heavy (non-hydrogen) atoms. The van der Waals surface area contributed by atoms with Crippen molar-refractivity contribution in [2.45, 2.75) is 11.8 Å². The molecule has 1 heterocycles. The van der Waals surface area contributed by atoms with Gasteiger partial charge in [0.1, 0.15) is 0 Å². The average molecular weight is 446 g/mol. The first-order valence-corrected chi connectivity index (χ1v) is 11.4. The number of morpholine rings is 1. The van der Waals surface area contributed by atoms with E-state index in [0.29, 0.717) is 37.6 Å². The zero-order valence-corrected chi connectivity index (χ0v) is 18.8. The standard InChI is InChI=1S/C22H27N3O5S/c1-17-4-10-20(11-5-17)31(28,29)24(3)19-8-6-18(7-9-19)22(27)23(2)16-21(26)25-12-14-30-15-13-25/h4-11H,12-16H2,1-3H3. The Morgan fingerprint density at radius 3 is 2.13 bits per heavy atom. The minimum absolute atomic E-state index is 0.0255. The van der Waals surface area contributed by atoms with Gasteiger partial charge in [0.2, 0.25) is 5.91 Å². The Bertz CT molecular complexity index is 1030. The number of hydrogen-bond donors (Lipinski definition) is 0. The molecule has 0 spiro atoms. The SMILES string of the molecule is Cc1ccc(S(=O)(=O)N(C)c2ccc(C(=O)N(C)CC(=O)N3CCOCC3)cc2)cc1. The Morgan fingerprint density at radius 1 is 0.968 bits per heavy atom. The highest BCUT2D eigenvalue weighted by Gasteiger charge is 2.23. The first-order valence-electron chi connectivity index (χ1n) is 9.97. The first-order chi connectivity index (χ1) is 14.7. The molecular formula is C22H27N3O5S. The molecule has 9 heteroatoms. The summed E-state index contributed by atoms with van der Waals surface area (Å²) in [5, 5.41) is 0. The van der Waals surface area contributed by atoms with Gasteiger partial charge in [-0.25, -0.2) is 8.42 Å². The van der Waals surface area contributed by atoms with Crippen LogP contribution in [0, 0.1) is 6.92 Å². The molecule has 0 atom stereocenters. The fourth-order valence-electron chi connectivity index (χ4n) is 3.23. The van der Waals surface area contributed by atoms with Crippen LogP contribution >= 0.6 is 0 Å². The number of anilines is 1. The van der Waals surface area contributed by atoms with Crippen LogP contribution in [-0.4, -0.2) is 77.0 Å². The Balaban J connectivity index is 1.67. The van der Waals surface area contributed by atoms with Gasteiger partial charge in [0.15, 0.2) is 0 Å². The number of nitrogens with zero attached hydrogens (tertiary/aromatic N) is 3.